The maximum Gasteiger partial charge on any atom is 0.227 e. The van der Waals surface area contributed by atoms with Gasteiger partial charge in [0.15, 0.2) is 0 Å². The van der Waals surface area contributed by atoms with E-state index in [1.165, 1.54) is 31.5 Å². The maximum absolute atomic E-state index is 13.2. The number of carbonyl (C=O) groups is 1. The predicted molar refractivity (Wildman–Crippen MR) is 86.7 cm³/mol. The summed E-state index contributed by atoms with van der Waals surface area (Å²) in [5.41, 5.74) is 3.49. The third-order valence-corrected chi connectivity index (χ3v) is 3.04. The van der Waals surface area contributed by atoms with Crippen LogP contribution in [0.25, 0.3) is 0 Å². The fourth-order valence-electron chi connectivity index (χ4n) is 1.88. The number of hydrogen-bond donors (Lipinski definition) is 4. The van der Waals surface area contributed by atoms with E-state index in [9.17, 15) is 9.18 Å². The maximum atomic E-state index is 13.2. The molecule has 0 aliphatic heterocycles. The molecule has 23 heavy (non-hydrogen) atoms. The number of carbonyl (C=O) groups excluding carboxylic acids is 1. The highest BCUT2D eigenvalue weighted by Gasteiger charge is 2.06. The summed E-state index contributed by atoms with van der Waals surface area (Å²) < 4.78 is 18.2. The Bertz CT molecular complexity index is 663. The second kappa shape index (κ2) is 7.95. The molecule has 122 valence electrons. The van der Waals surface area contributed by atoms with Gasteiger partial charge in [-0.2, -0.15) is 0 Å². The minimum absolute atomic E-state index is 0.189. The van der Waals surface area contributed by atoms with Crippen molar-refractivity contribution in [3.05, 3.63) is 42.3 Å². The Morgan fingerprint density at radius 2 is 2.13 bits per heavy atom. The van der Waals surface area contributed by atoms with E-state index in [0.717, 1.165) is 0 Å². The van der Waals surface area contributed by atoms with Gasteiger partial charge in [-0.1, -0.05) is 0 Å². The number of hydrazine groups is 1. The Kier molecular flexibility index (Phi) is 5.70. The van der Waals surface area contributed by atoms with Crippen LogP contribution in [0.5, 0.6) is 5.75 Å². The van der Waals surface area contributed by atoms with Gasteiger partial charge in [-0.3, -0.25) is 10.6 Å². The standard InChI is InChI=1S/C15H18FN5O2/c1-23-11-3-5-14(19-9-11)20-15(22)6-7-18-13-8-10(16)2-4-12(13)21-17/h2-5,8-9,18,21H,6-7,17H2,1H3,(H,19,20,22). The zero-order valence-electron chi connectivity index (χ0n) is 12.6. The fraction of sp³-hybridized carbons (Fsp3) is 0.200. The SMILES string of the molecule is COc1ccc(NC(=O)CCNc2cc(F)ccc2NN)nc1. The molecule has 0 aliphatic rings. The molecule has 0 bridgehead atoms. The number of hydrogen-bond acceptors (Lipinski definition) is 6. The average molecular weight is 319 g/mol. The molecular weight excluding hydrogens is 301 g/mol. The first-order chi connectivity index (χ1) is 11.1. The van der Waals surface area contributed by atoms with Gasteiger partial charge in [0.05, 0.1) is 24.7 Å². The third-order valence-electron chi connectivity index (χ3n) is 3.04. The number of pyridine rings is 1. The van der Waals surface area contributed by atoms with Gasteiger partial charge in [-0.05, 0) is 30.3 Å². The lowest BCUT2D eigenvalue weighted by Crippen LogP contribution is -2.18. The Morgan fingerprint density at radius 1 is 1.30 bits per heavy atom. The van der Waals surface area contributed by atoms with Gasteiger partial charge in [-0.15, -0.1) is 0 Å². The molecule has 1 heterocycles. The van der Waals surface area contributed by atoms with Gasteiger partial charge in [0.2, 0.25) is 5.91 Å². The van der Waals surface area contributed by atoms with Crippen LogP contribution in [0.15, 0.2) is 36.5 Å². The molecule has 1 aromatic heterocycles. The Hall–Kier alpha value is -2.87. The monoisotopic (exact) mass is 319 g/mol. The van der Waals surface area contributed by atoms with Crippen molar-refractivity contribution >= 4 is 23.1 Å². The topological polar surface area (TPSA) is 101 Å². The minimum Gasteiger partial charge on any atom is -0.495 e. The molecule has 0 saturated carbocycles. The molecular formula is C15H18FN5O2. The van der Waals surface area contributed by atoms with Crippen LogP contribution < -0.4 is 26.6 Å². The summed E-state index contributed by atoms with van der Waals surface area (Å²) in [6.45, 7) is 0.320. The summed E-state index contributed by atoms with van der Waals surface area (Å²) in [6.07, 6.45) is 1.70. The summed E-state index contributed by atoms with van der Waals surface area (Å²) in [5.74, 6) is 5.79. The van der Waals surface area contributed by atoms with Crippen molar-refractivity contribution in [3.63, 3.8) is 0 Å². The number of benzene rings is 1. The first-order valence-electron chi connectivity index (χ1n) is 6.92. The molecule has 2 aromatic rings. The largest absolute Gasteiger partial charge is 0.495 e. The van der Waals surface area contributed by atoms with Crippen LogP contribution in [0.4, 0.5) is 21.6 Å². The van der Waals surface area contributed by atoms with Crippen molar-refractivity contribution < 1.29 is 13.9 Å². The predicted octanol–water partition coefficient (Wildman–Crippen LogP) is 1.96. The Labute approximate surface area is 133 Å². The average Bonchev–Trinajstić information content (AvgIpc) is 2.56. The molecule has 0 saturated heterocycles. The van der Waals surface area contributed by atoms with E-state index in [0.29, 0.717) is 29.5 Å². The number of amides is 1. The molecule has 0 unspecified atom stereocenters. The molecule has 1 aromatic carbocycles. The molecule has 7 nitrogen and oxygen atoms in total. The van der Waals surface area contributed by atoms with E-state index >= 15 is 0 Å². The summed E-state index contributed by atoms with van der Waals surface area (Å²) in [5, 5.41) is 5.62. The lowest BCUT2D eigenvalue weighted by molar-refractivity contribution is -0.116. The number of nitrogens with two attached hydrogens (primary N) is 1. The highest BCUT2D eigenvalue weighted by Crippen LogP contribution is 2.21. The van der Waals surface area contributed by atoms with E-state index in [4.69, 9.17) is 10.6 Å². The number of methoxy groups -OCH3 is 1. The second-order valence-corrected chi connectivity index (χ2v) is 4.64. The van der Waals surface area contributed by atoms with E-state index in [2.05, 4.69) is 21.0 Å². The van der Waals surface area contributed by atoms with E-state index in [-0.39, 0.29) is 12.3 Å². The highest BCUT2D eigenvalue weighted by molar-refractivity contribution is 5.90. The van der Waals surface area contributed by atoms with Crippen molar-refractivity contribution in [3.8, 4) is 5.75 Å². The summed E-state index contributed by atoms with van der Waals surface area (Å²) in [4.78, 5) is 15.9. The molecule has 5 N–H and O–H groups in total. The first kappa shape index (κ1) is 16.5. The molecule has 1 amide bonds. The molecule has 8 heteroatoms. The molecule has 2 rings (SSSR count). The Morgan fingerprint density at radius 3 is 2.78 bits per heavy atom. The summed E-state index contributed by atoms with van der Waals surface area (Å²) >= 11 is 0. The van der Waals surface area contributed by atoms with Crippen LogP contribution in [-0.2, 0) is 4.79 Å². The number of anilines is 3. The van der Waals surface area contributed by atoms with Crippen molar-refractivity contribution in [2.75, 3.05) is 29.7 Å². The molecule has 0 radical (unpaired) electrons. The van der Waals surface area contributed by atoms with Gasteiger partial charge in [-0.25, -0.2) is 9.37 Å². The van der Waals surface area contributed by atoms with E-state index in [1.54, 1.807) is 12.1 Å². The van der Waals surface area contributed by atoms with Gasteiger partial charge in [0, 0.05) is 13.0 Å². The number of nitrogens with zero attached hydrogens (tertiary/aromatic N) is 1. The Balaban J connectivity index is 1.83. The van der Waals surface area contributed by atoms with Crippen LogP contribution in [0, 0.1) is 5.82 Å². The number of aromatic nitrogens is 1. The summed E-state index contributed by atoms with van der Waals surface area (Å²) in [6, 6.07) is 7.46. The minimum atomic E-state index is -0.390. The smallest absolute Gasteiger partial charge is 0.227 e. The number of rotatable bonds is 7. The van der Waals surface area contributed by atoms with Crippen LogP contribution in [0.1, 0.15) is 6.42 Å². The summed E-state index contributed by atoms with van der Waals surface area (Å²) in [7, 11) is 1.54. The quantitative estimate of drug-likeness (QED) is 0.460. The number of ether oxygens (including phenoxy) is 1. The van der Waals surface area contributed by atoms with Gasteiger partial charge >= 0.3 is 0 Å². The zero-order valence-corrected chi connectivity index (χ0v) is 12.6. The highest BCUT2D eigenvalue weighted by atomic mass is 19.1. The van der Waals surface area contributed by atoms with Gasteiger partial charge in [0.1, 0.15) is 17.4 Å². The van der Waals surface area contributed by atoms with Crippen LogP contribution in [0.3, 0.4) is 0 Å². The lowest BCUT2D eigenvalue weighted by Gasteiger charge is -2.11. The van der Waals surface area contributed by atoms with Crippen molar-refractivity contribution in [2.24, 2.45) is 5.84 Å². The molecule has 0 spiro atoms. The van der Waals surface area contributed by atoms with Crippen LogP contribution >= 0.6 is 0 Å². The zero-order chi connectivity index (χ0) is 16.7. The molecule has 0 aliphatic carbocycles. The number of halogens is 1. The van der Waals surface area contributed by atoms with E-state index in [1.807, 2.05) is 0 Å². The third kappa shape index (κ3) is 4.82. The first-order valence-corrected chi connectivity index (χ1v) is 6.92. The fourth-order valence-corrected chi connectivity index (χ4v) is 1.88. The molecule has 0 atom stereocenters. The normalized spacial score (nSPS) is 10.0. The van der Waals surface area contributed by atoms with Gasteiger partial charge in [0.25, 0.3) is 0 Å². The lowest BCUT2D eigenvalue weighted by atomic mass is 10.2. The van der Waals surface area contributed by atoms with Crippen molar-refractivity contribution in [1.29, 1.82) is 0 Å². The second-order valence-electron chi connectivity index (χ2n) is 4.64. The van der Waals surface area contributed by atoms with Gasteiger partial charge < -0.3 is 20.8 Å². The van der Waals surface area contributed by atoms with E-state index < -0.39 is 5.82 Å². The van der Waals surface area contributed by atoms with Crippen LogP contribution in [0.2, 0.25) is 0 Å². The number of nitrogen functional groups attached to an aromatic ring is 1. The number of nitrogens with one attached hydrogen (secondary N) is 3. The van der Waals surface area contributed by atoms with Crippen LogP contribution in [-0.4, -0.2) is 24.5 Å². The molecule has 0 fully saturated rings. The van der Waals surface area contributed by atoms with Crippen molar-refractivity contribution in [2.45, 2.75) is 6.42 Å². The van der Waals surface area contributed by atoms with Crippen molar-refractivity contribution in [1.82, 2.24) is 4.98 Å².